The van der Waals surface area contributed by atoms with Crippen molar-refractivity contribution >= 4 is 5.69 Å². The van der Waals surface area contributed by atoms with Gasteiger partial charge >= 0.3 is 97.7 Å². The molecule has 64 heavy (non-hydrogen) atoms. The molecule has 0 amide bonds. The molecule has 0 heterocycles. The van der Waals surface area contributed by atoms with Crippen LogP contribution in [-0.2, 0) is 41.3 Å². The first-order valence-electron chi connectivity index (χ1n) is 23.4. The summed E-state index contributed by atoms with van der Waals surface area (Å²) in [5.41, 5.74) is 22.6. The van der Waals surface area contributed by atoms with E-state index in [1.54, 1.807) is 0 Å². The van der Waals surface area contributed by atoms with Crippen LogP contribution in [0, 0.1) is 55.4 Å². The minimum Gasteiger partial charge on any atom is -0.507 e. The van der Waals surface area contributed by atoms with E-state index in [0.29, 0.717) is 23.3 Å². The fourth-order valence-corrected chi connectivity index (χ4v) is 8.95. The Morgan fingerprint density at radius 2 is 0.688 bits per heavy atom. The summed E-state index contributed by atoms with van der Waals surface area (Å²) >= 11 is 1.81. The predicted octanol–water partition coefficient (Wildman–Crippen LogP) is 18.1. The zero-order chi connectivity index (χ0) is 49.4. The number of hydrogen-bond acceptors (Lipinski definition) is 3. The summed E-state index contributed by atoms with van der Waals surface area (Å²) in [4.78, 5) is 0. The van der Waals surface area contributed by atoms with Gasteiger partial charge in [-0.15, -0.1) is 0 Å². The molecule has 0 aliphatic carbocycles. The average Bonchev–Trinajstić information content (AvgIpc) is 3.16. The van der Waals surface area contributed by atoms with E-state index in [-0.39, 0.29) is 21.7 Å². The Morgan fingerprint density at radius 3 is 0.938 bits per heavy atom. The number of aromatic hydroxyl groups is 2. The molecule has 0 fully saturated rings. The Bertz CT molecular complexity index is 2320. The minimum absolute atomic E-state index is 0.00811. The first kappa shape index (κ1) is 54.5. The maximum atomic E-state index is 11.1. The first-order chi connectivity index (χ1) is 29.1. The number of phenolic OH excluding ortho intramolecular Hbond substituents is 2. The van der Waals surface area contributed by atoms with Crippen molar-refractivity contribution in [3.05, 3.63) is 132 Å². The molecule has 0 bridgehead atoms. The van der Waals surface area contributed by atoms with Gasteiger partial charge in [-0.05, 0) is 155 Å². The quantitative estimate of drug-likeness (QED) is 0.173. The maximum Gasteiger partial charge on any atom is 0.126 e. The van der Waals surface area contributed by atoms with Crippen molar-refractivity contribution in [2.24, 2.45) is 3.50 Å². The number of benzene rings is 5. The van der Waals surface area contributed by atoms with Gasteiger partial charge < -0.3 is 10.2 Å². The van der Waals surface area contributed by atoms with Crippen molar-refractivity contribution in [1.82, 2.24) is 0 Å². The molecule has 0 aliphatic heterocycles. The molecule has 0 aliphatic rings. The third kappa shape index (κ3) is 12.3. The predicted molar refractivity (Wildman–Crippen MR) is 276 cm³/mol. The molecule has 5 aromatic rings. The van der Waals surface area contributed by atoms with E-state index in [9.17, 15) is 10.2 Å². The van der Waals surface area contributed by atoms with E-state index in [1.807, 2.05) is 33.5 Å². The van der Waals surface area contributed by atoms with Crippen LogP contribution in [0.25, 0.3) is 22.3 Å². The third-order valence-corrected chi connectivity index (χ3v) is 13.5. The number of hydrogen-bond donors (Lipinski definition) is 2. The Balaban J connectivity index is 0.000000266. The van der Waals surface area contributed by atoms with Crippen molar-refractivity contribution in [1.29, 1.82) is 0 Å². The summed E-state index contributed by atoms with van der Waals surface area (Å²) in [6.45, 7) is 52.5. The summed E-state index contributed by atoms with van der Waals surface area (Å²) in [5.74, 6) is 1.96. The Labute approximate surface area is 402 Å². The smallest absolute Gasteiger partial charge is 0.126 e. The molecule has 0 saturated carbocycles. The van der Waals surface area contributed by atoms with Gasteiger partial charge in [0, 0.05) is 11.1 Å². The van der Waals surface area contributed by atoms with E-state index >= 15 is 0 Å². The molecule has 2 N–H and O–H groups in total. The number of phenols is 2. The summed E-state index contributed by atoms with van der Waals surface area (Å²) < 4.78 is 4.42. The fraction of sp³-hybridized carbons (Fsp3) is 0.500. The molecule has 0 atom stereocenters. The molecule has 348 valence electrons. The number of rotatable bonds is 5. The van der Waals surface area contributed by atoms with E-state index < -0.39 is 0 Å². The van der Waals surface area contributed by atoms with Crippen molar-refractivity contribution in [3.63, 3.8) is 0 Å². The van der Waals surface area contributed by atoms with Crippen LogP contribution in [0.15, 0.2) is 58.1 Å². The average molecular weight is 948 g/mol. The van der Waals surface area contributed by atoms with Crippen molar-refractivity contribution in [2.45, 2.75) is 200 Å². The van der Waals surface area contributed by atoms with Crippen LogP contribution in [0.5, 0.6) is 11.5 Å². The van der Waals surface area contributed by atoms with Gasteiger partial charge in [-0.25, -0.2) is 0 Å². The second-order valence-corrected chi connectivity index (χ2v) is 23.8. The van der Waals surface area contributed by atoms with Crippen molar-refractivity contribution in [3.8, 4) is 33.8 Å². The van der Waals surface area contributed by atoms with Crippen LogP contribution < -0.4 is 0 Å². The Hall–Kier alpha value is -3.81. The second kappa shape index (κ2) is 20.4. The van der Waals surface area contributed by atoms with Gasteiger partial charge in [-0.1, -0.05) is 119 Å². The van der Waals surface area contributed by atoms with Gasteiger partial charge in [0.2, 0.25) is 0 Å². The summed E-state index contributed by atoms with van der Waals surface area (Å²) in [7, 11) is 0. The minimum atomic E-state index is -0.0424. The van der Waals surface area contributed by atoms with Crippen molar-refractivity contribution < 1.29 is 29.8 Å². The molecule has 0 radical (unpaired) electrons. The van der Waals surface area contributed by atoms with Gasteiger partial charge in [0.15, 0.2) is 0 Å². The van der Waals surface area contributed by atoms with Gasteiger partial charge in [0.25, 0.3) is 0 Å². The third-order valence-electron chi connectivity index (χ3n) is 13.1. The van der Waals surface area contributed by atoms with E-state index in [4.69, 9.17) is 0 Å². The number of aryl methyl sites for hydroxylation is 6. The van der Waals surface area contributed by atoms with Gasteiger partial charge in [0.05, 0.1) is 0 Å². The molecule has 5 rings (SSSR count). The van der Waals surface area contributed by atoms with Crippen LogP contribution in [0.2, 0.25) is 0 Å². The summed E-state index contributed by atoms with van der Waals surface area (Å²) in [5, 5.41) is 22.3. The molecule has 0 spiro atoms. The zero-order valence-corrected chi connectivity index (χ0v) is 46.6. The maximum absolute atomic E-state index is 11.1. The zero-order valence-electron chi connectivity index (χ0n) is 44.6. The largest absolute Gasteiger partial charge is 0.507 e. The van der Waals surface area contributed by atoms with Crippen molar-refractivity contribution in [2.75, 3.05) is 0 Å². The second-order valence-electron chi connectivity index (χ2n) is 23.3. The molecular weight excluding hydrogens is 863 g/mol. The molecule has 0 unspecified atom stereocenters. The summed E-state index contributed by atoms with van der Waals surface area (Å²) in [6, 6.07) is 20.1. The fourth-order valence-electron chi connectivity index (χ4n) is 8.43. The molecule has 0 aromatic heterocycles. The molecular formula is C60H85MoNO2. The van der Waals surface area contributed by atoms with E-state index in [2.05, 4.69) is 210 Å². The van der Waals surface area contributed by atoms with E-state index in [1.165, 1.54) is 72.4 Å². The normalized spacial score (nSPS) is 12.2. The Morgan fingerprint density at radius 1 is 0.422 bits per heavy atom. The molecule has 4 heteroatoms. The van der Waals surface area contributed by atoms with Crippen LogP contribution in [0.1, 0.15) is 201 Å². The molecule has 0 saturated heterocycles. The topological polar surface area (TPSA) is 52.8 Å². The molecule has 3 nitrogen and oxygen atoms in total. The Kier molecular flexibility index (Phi) is 17.4. The van der Waals surface area contributed by atoms with Crippen LogP contribution >= 0.6 is 0 Å². The standard InChI is InChI=1S/2C24H34O.C12H17N.Mo/c2*1-14-11-18(19(12-15(14)2)23(5,6)7)21-20(24(8,9)10)13-16(3)17(4)22(21)25;1-8(2)10-6-5-7-11(9(3)4)12(10)13;/h2*11-13,25H,1-10H3;5-9H,1-4H3;. The monoisotopic (exact) mass is 950 g/mol. The molecule has 5 aromatic carbocycles. The first-order valence-corrected chi connectivity index (χ1v) is 24.3. The van der Waals surface area contributed by atoms with Crippen LogP contribution in [0.3, 0.4) is 0 Å². The number of nitrogens with zero attached hydrogens (tertiary/aromatic N) is 1. The van der Waals surface area contributed by atoms with E-state index in [0.717, 1.165) is 33.4 Å². The van der Waals surface area contributed by atoms with Crippen LogP contribution in [0.4, 0.5) is 5.69 Å². The SMILES string of the molecule is CC(C)c1cccc(C(C)C)c1[N]=[Mo].Cc1cc(-c2c(C(C)(C)C)cc(C)c(C)c2O)c(C(C)(C)C)cc1C.Cc1cc(-c2c(C(C)(C)C)cc(C)c(C)c2O)c(C(C)(C)C)cc1C. The summed E-state index contributed by atoms with van der Waals surface area (Å²) in [6.07, 6.45) is 0. The van der Waals surface area contributed by atoms with Gasteiger partial charge in [0.1, 0.15) is 11.5 Å². The van der Waals surface area contributed by atoms with Gasteiger partial charge in [-0.2, -0.15) is 0 Å². The van der Waals surface area contributed by atoms with Gasteiger partial charge in [-0.3, -0.25) is 0 Å². The van der Waals surface area contributed by atoms with Crippen LogP contribution in [-0.4, -0.2) is 10.2 Å².